The molecule has 3 nitrogen and oxygen atoms in total. The molecule has 2 N–H and O–H groups in total. The van der Waals surface area contributed by atoms with Gasteiger partial charge >= 0.3 is 0 Å². The van der Waals surface area contributed by atoms with E-state index in [1.165, 1.54) is 12.8 Å². The van der Waals surface area contributed by atoms with Crippen molar-refractivity contribution in [1.29, 1.82) is 0 Å². The normalized spacial score (nSPS) is 32.8. The summed E-state index contributed by atoms with van der Waals surface area (Å²) in [5.41, 5.74) is 5.28. The van der Waals surface area contributed by atoms with Crippen molar-refractivity contribution in [2.75, 3.05) is 6.54 Å². The number of carbonyl (C=O) groups excluding carboxylic acids is 1. The maximum Gasteiger partial charge on any atom is 0.234 e. The third kappa shape index (κ3) is 2.44. The second-order valence-corrected chi connectivity index (χ2v) is 4.29. The SMILES string of the molecule is CC1CCN(C(C)C(N)=O)C(C)C1. The zero-order valence-electron chi connectivity index (χ0n) is 8.79. The lowest BCUT2D eigenvalue weighted by Crippen LogP contribution is -2.50. The van der Waals surface area contributed by atoms with Gasteiger partial charge in [-0.3, -0.25) is 9.69 Å². The number of carbonyl (C=O) groups is 1. The summed E-state index contributed by atoms with van der Waals surface area (Å²) in [4.78, 5) is 13.2. The number of piperidine rings is 1. The Morgan fingerprint density at radius 2 is 2.15 bits per heavy atom. The van der Waals surface area contributed by atoms with E-state index in [0.29, 0.717) is 6.04 Å². The number of nitrogens with two attached hydrogens (primary N) is 1. The van der Waals surface area contributed by atoms with Crippen LogP contribution in [0.4, 0.5) is 0 Å². The first-order chi connectivity index (χ1) is 6.02. The van der Waals surface area contributed by atoms with Gasteiger partial charge in [0.15, 0.2) is 0 Å². The fraction of sp³-hybridized carbons (Fsp3) is 0.900. The molecule has 0 bridgehead atoms. The largest absolute Gasteiger partial charge is 0.368 e. The maximum atomic E-state index is 11.0. The van der Waals surface area contributed by atoms with E-state index < -0.39 is 0 Å². The van der Waals surface area contributed by atoms with Gasteiger partial charge in [0.2, 0.25) is 5.91 Å². The average molecular weight is 184 g/mol. The number of likely N-dealkylation sites (tertiary alicyclic amines) is 1. The second-order valence-electron chi connectivity index (χ2n) is 4.29. The van der Waals surface area contributed by atoms with Crippen LogP contribution in [0.5, 0.6) is 0 Å². The molecule has 1 aliphatic heterocycles. The molecule has 0 radical (unpaired) electrons. The van der Waals surface area contributed by atoms with Crippen LogP contribution in [-0.2, 0) is 4.79 Å². The van der Waals surface area contributed by atoms with Crippen LogP contribution in [-0.4, -0.2) is 29.4 Å². The van der Waals surface area contributed by atoms with Crippen molar-refractivity contribution in [3.05, 3.63) is 0 Å². The highest BCUT2D eigenvalue weighted by molar-refractivity contribution is 5.79. The Hall–Kier alpha value is -0.570. The molecule has 0 aromatic heterocycles. The lowest BCUT2D eigenvalue weighted by molar-refractivity contribution is -0.124. The van der Waals surface area contributed by atoms with Gasteiger partial charge in [0.1, 0.15) is 0 Å². The highest BCUT2D eigenvalue weighted by atomic mass is 16.1. The Bertz CT molecular complexity index is 193. The molecule has 1 saturated heterocycles. The van der Waals surface area contributed by atoms with Crippen molar-refractivity contribution < 1.29 is 4.79 Å². The van der Waals surface area contributed by atoms with Gasteiger partial charge in [-0.2, -0.15) is 0 Å². The van der Waals surface area contributed by atoms with Crippen LogP contribution in [0.2, 0.25) is 0 Å². The van der Waals surface area contributed by atoms with Gasteiger partial charge in [-0.15, -0.1) is 0 Å². The summed E-state index contributed by atoms with van der Waals surface area (Å²) in [6, 6.07) is 0.383. The predicted octanol–water partition coefficient (Wildman–Crippen LogP) is 0.981. The Kier molecular flexibility index (Phi) is 3.31. The van der Waals surface area contributed by atoms with Crippen LogP contribution < -0.4 is 5.73 Å². The summed E-state index contributed by atoms with van der Waals surface area (Å²) in [5, 5.41) is 0. The quantitative estimate of drug-likeness (QED) is 0.695. The molecule has 0 saturated carbocycles. The number of hydrogen-bond acceptors (Lipinski definition) is 2. The van der Waals surface area contributed by atoms with Crippen LogP contribution in [0.25, 0.3) is 0 Å². The van der Waals surface area contributed by atoms with E-state index in [4.69, 9.17) is 5.73 Å². The van der Waals surface area contributed by atoms with Crippen LogP contribution in [0.15, 0.2) is 0 Å². The molecule has 0 aromatic carbocycles. The summed E-state index contributed by atoms with van der Waals surface area (Å²) < 4.78 is 0. The first-order valence-electron chi connectivity index (χ1n) is 5.07. The third-order valence-corrected chi connectivity index (χ3v) is 3.10. The summed E-state index contributed by atoms with van der Waals surface area (Å²) >= 11 is 0. The van der Waals surface area contributed by atoms with Crippen LogP contribution in [0.1, 0.15) is 33.6 Å². The maximum absolute atomic E-state index is 11.0. The number of amides is 1. The highest BCUT2D eigenvalue weighted by Crippen LogP contribution is 2.23. The minimum atomic E-state index is -0.207. The Labute approximate surface area is 80.3 Å². The molecule has 1 rings (SSSR count). The van der Waals surface area contributed by atoms with Crippen LogP contribution >= 0.6 is 0 Å². The van der Waals surface area contributed by atoms with Crippen LogP contribution in [0, 0.1) is 5.92 Å². The van der Waals surface area contributed by atoms with E-state index in [-0.39, 0.29) is 11.9 Å². The molecule has 3 unspecified atom stereocenters. The smallest absolute Gasteiger partial charge is 0.234 e. The van der Waals surface area contributed by atoms with Gasteiger partial charge in [0.25, 0.3) is 0 Å². The molecule has 3 heteroatoms. The molecule has 1 fully saturated rings. The number of primary amides is 1. The number of nitrogens with zero attached hydrogens (tertiary/aromatic N) is 1. The third-order valence-electron chi connectivity index (χ3n) is 3.10. The van der Waals surface area contributed by atoms with Crippen molar-refractivity contribution in [1.82, 2.24) is 4.90 Å². The van der Waals surface area contributed by atoms with Gasteiger partial charge in [-0.05, 0) is 39.2 Å². The van der Waals surface area contributed by atoms with E-state index in [9.17, 15) is 4.79 Å². The van der Waals surface area contributed by atoms with E-state index in [0.717, 1.165) is 12.5 Å². The van der Waals surface area contributed by atoms with Crippen molar-refractivity contribution >= 4 is 5.91 Å². The first kappa shape index (κ1) is 10.5. The van der Waals surface area contributed by atoms with Gasteiger partial charge in [0.05, 0.1) is 6.04 Å². The fourth-order valence-corrected chi connectivity index (χ4v) is 2.16. The van der Waals surface area contributed by atoms with E-state index in [1.807, 2.05) is 6.92 Å². The van der Waals surface area contributed by atoms with Gasteiger partial charge < -0.3 is 5.73 Å². The number of hydrogen-bond donors (Lipinski definition) is 1. The van der Waals surface area contributed by atoms with Crippen molar-refractivity contribution in [3.63, 3.8) is 0 Å². The molecule has 1 heterocycles. The van der Waals surface area contributed by atoms with E-state index >= 15 is 0 Å². The van der Waals surface area contributed by atoms with Gasteiger partial charge in [-0.25, -0.2) is 0 Å². The zero-order chi connectivity index (χ0) is 10.0. The summed E-state index contributed by atoms with van der Waals surface area (Å²) in [6.45, 7) is 7.35. The lowest BCUT2D eigenvalue weighted by atomic mass is 9.92. The van der Waals surface area contributed by atoms with E-state index in [2.05, 4.69) is 18.7 Å². The van der Waals surface area contributed by atoms with Crippen molar-refractivity contribution in [3.8, 4) is 0 Å². The average Bonchev–Trinajstić information content (AvgIpc) is 2.03. The molecule has 1 aliphatic rings. The van der Waals surface area contributed by atoms with Gasteiger partial charge in [-0.1, -0.05) is 6.92 Å². The number of rotatable bonds is 2. The molecular formula is C10H20N2O. The molecular weight excluding hydrogens is 164 g/mol. The van der Waals surface area contributed by atoms with E-state index in [1.54, 1.807) is 0 Å². The first-order valence-corrected chi connectivity index (χ1v) is 5.07. The minimum absolute atomic E-state index is 0.109. The predicted molar refractivity (Wildman–Crippen MR) is 53.2 cm³/mol. The summed E-state index contributed by atoms with van der Waals surface area (Å²) in [7, 11) is 0. The summed E-state index contributed by atoms with van der Waals surface area (Å²) in [6.07, 6.45) is 2.36. The van der Waals surface area contributed by atoms with Gasteiger partial charge in [0, 0.05) is 6.04 Å². The van der Waals surface area contributed by atoms with Crippen molar-refractivity contribution in [2.45, 2.75) is 45.7 Å². The Balaban J connectivity index is 2.55. The minimum Gasteiger partial charge on any atom is -0.368 e. The fourth-order valence-electron chi connectivity index (χ4n) is 2.16. The topological polar surface area (TPSA) is 46.3 Å². The standard InChI is InChI=1S/C10H20N2O/c1-7-4-5-12(8(2)6-7)9(3)10(11)13/h7-9H,4-6H2,1-3H3,(H2,11,13). The molecule has 13 heavy (non-hydrogen) atoms. The monoisotopic (exact) mass is 184 g/mol. The molecule has 0 aliphatic carbocycles. The second kappa shape index (κ2) is 4.09. The van der Waals surface area contributed by atoms with Crippen LogP contribution in [0.3, 0.4) is 0 Å². The van der Waals surface area contributed by atoms with Crippen molar-refractivity contribution in [2.24, 2.45) is 11.7 Å². The highest BCUT2D eigenvalue weighted by Gasteiger charge is 2.28. The summed E-state index contributed by atoms with van der Waals surface area (Å²) in [5.74, 6) is 0.577. The molecule has 1 amide bonds. The molecule has 76 valence electrons. The Morgan fingerprint density at radius 3 is 2.62 bits per heavy atom. The molecule has 3 atom stereocenters. The molecule has 0 aromatic rings. The Morgan fingerprint density at radius 1 is 1.54 bits per heavy atom. The zero-order valence-corrected chi connectivity index (χ0v) is 8.79. The lowest BCUT2D eigenvalue weighted by Gasteiger charge is -2.39. The molecule has 0 spiro atoms.